The third kappa shape index (κ3) is 4.23. The van der Waals surface area contributed by atoms with Gasteiger partial charge in [-0.05, 0) is 52.8 Å². The van der Waals surface area contributed by atoms with Gasteiger partial charge in [-0.2, -0.15) is 5.10 Å². The molecule has 0 bridgehead atoms. The normalized spacial score (nSPS) is 12.2. The standard InChI is InChI=1S/C24H26FN5OS/c1-23(2,15-27-21(31)29-22-26-11-12-32-22)24(3,4)17-5-10-20-16(13-17)14-28-30(20)19-8-6-18(25)7-9-19/h5-14H,15H2,1-4H3,(H2,26,27,29,31). The number of thiazole rings is 1. The fraction of sp³-hybridized carbons (Fsp3) is 0.292. The van der Waals surface area contributed by atoms with Crippen molar-refractivity contribution in [1.82, 2.24) is 20.1 Å². The van der Waals surface area contributed by atoms with Gasteiger partial charge >= 0.3 is 6.03 Å². The summed E-state index contributed by atoms with van der Waals surface area (Å²) in [5.41, 5.74) is 2.43. The van der Waals surface area contributed by atoms with Crippen molar-refractivity contribution in [3.8, 4) is 5.69 Å². The fourth-order valence-electron chi connectivity index (χ4n) is 3.55. The number of halogens is 1. The number of nitrogens with zero attached hydrogens (tertiary/aromatic N) is 3. The summed E-state index contributed by atoms with van der Waals surface area (Å²) in [6.45, 7) is 9.13. The van der Waals surface area contributed by atoms with Gasteiger partial charge in [-0.1, -0.05) is 33.8 Å². The third-order valence-electron chi connectivity index (χ3n) is 6.40. The summed E-state index contributed by atoms with van der Waals surface area (Å²) in [4.78, 5) is 16.3. The van der Waals surface area contributed by atoms with E-state index in [-0.39, 0.29) is 22.7 Å². The first-order valence-corrected chi connectivity index (χ1v) is 11.2. The number of fused-ring (bicyclic) bond motifs is 1. The molecule has 2 heterocycles. The van der Waals surface area contributed by atoms with E-state index in [0.29, 0.717) is 11.7 Å². The van der Waals surface area contributed by atoms with E-state index in [1.54, 1.807) is 23.0 Å². The Balaban J connectivity index is 1.53. The van der Waals surface area contributed by atoms with Gasteiger partial charge in [0.05, 0.1) is 17.4 Å². The molecule has 2 aromatic carbocycles. The van der Waals surface area contributed by atoms with E-state index in [1.165, 1.54) is 23.5 Å². The second-order valence-corrected chi connectivity index (χ2v) is 9.85. The molecule has 2 aromatic heterocycles. The highest BCUT2D eigenvalue weighted by Gasteiger charge is 2.38. The van der Waals surface area contributed by atoms with Crippen molar-refractivity contribution in [2.75, 3.05) is 11.9 Å². The zero-order valence-corrected chi connectivity index (χ0v) is 19.3. The SMILES string of the molecule is CC(C)(CNC(=O)Nc1nccs1)C(C)(C)c1ccc2c(cnn2-c2ccc(F)cc2)c1. The molecule has 0 saturated heterocycles. The van der Waals surface area contributed by atoms with Gasteiger partial charge in [-0.3, -0.25) is 5.32 Å². The quantitative estimate of drug-likeness (QED) is 0.392. The van der Waals surface area contributed by atoms with Crippen molar-refractivity contribution < 1.29 is 9.18 Å². The summed E-state index contributed by atoms with van der Waals surface area (Å²) < 4.78 is 15.1. The highest BCUT2D eigenvalue weighted by Crippen LogP contribution is 2.41. The molecule has 0 spiro atoms. The van der Waals surface area contributed by atoms with Crippen molar-refractivity contribution in [3.63, 3.8) is 0 Å². The fourth-order valence-corrected chi connectivity index (χ4v) is 4.07. The molecule has 0 aliphatic heterocycles. The van der Waals surface area contributed by atoms with Gasteiger partial charge in [0, 0.05) is 23.5 Å². The second kappa shape index (κ2) is 8.35. The predicted octanol–water partition coefficient (Wildman–Crippen LogP) is 5.75. The molecule has 6 nitrogen and oxygen atoms in total. The molecule has 0 fully saturated rings. The number of hydrogen-bond acceptors (Lipinski definition) is 4. The van der Waals surface area contributed by atoms with Crippen LogP contribution in [0.2, 0.25) is 0 Å². The van der Waals surface area contributed by atoms with E-state index >= 15 is 0 Å². The molecule has 4 aromatic rings. The zero-order chi connectivity index (χ0) is 22.9. The molecule has 0 saturated carbocycles. The van der Waals surface area contributed by atoms with Crippen LogP contribution in [-0.4, -0.2) is 27.3 Å². The maximum atomic E-state index is 13.3. The van der Waals surface area contributed by atoms with Crippen molar-refractivity contribution >= 4 is 33.4 Å². The number of hydrogen-bond donors (Lipinski definition) is 2. The molecule has 0 aliphatic rings. The molecule has 2 amide bonds. The monoisotopic (exact) mass is 451 g/mol. The van der Waals surface area contributed by atoms with Crippen LogP contribution in [0.25, 0.3) is 16.6 Å². The van der Waals surface area contributed by atoms with Crippen LogP contribution in [0, 0.1) is 11.2 Å². The number of nitrogens with one attached hydrogen (secondary N) is 2. The Morgan fingerprint density at radius 2 is 1.88 bits per heavy atom. The summed E-state index contributed by atoms with van der Waals surface area (Å²) in [6, 6.07) is 12.3. The average Bonchev–Trinajstić information content (AvgIpc) is 3.42. The van der Waals surface area contributed by atoms with Crippen LogP contribution < -0.4 is 10.6 Å². The van der Waals surface area contributed by atoms with Gasteiger partial charge < -0.3 is 5.32 Å². The van der Waals surface area contributed by atoms with Gasteiger partial charge in [0.25, 0.3) is 0 Å². The topological polar surface area (TPSA) is 71.8 Å². The lowest BCUT2D eigenvalue weighted by Crippen LogP contribution is -2.46. The van der Waals surface area contributed by atoms with Crippen LogP contribution in [-0.2, 0) is 5.41 Å². The van der Waals surface area contributed by atoms with E-state index < -0.39 is 0 Å². The number of urea groups is 1. The average molecular weight is 452 g/mol. The first-order valence-electron chi connectivity index (χ1n) is 10.4. The lowest BCUT2D eigenvalue weighted by molar-refractivity contribution is 0.189. The number of benzene rings is 2. The molecule has 2 N–H and O–H groups in total. The van der Waals surface area contributed by atoms with Gasteiger partial charge in [0.2, 0.25) is 0 Å². The largest absolute Gasteiger partial charge is 0.337 e. The Labute approximate surface area is 190 Å². The van der Waals surface area contributed by atoms with Gasteiger partial charge in [0.1, 0.15) is 5.82 Å². The highest BCUT2D eigenvalue weighted by molar-refractivity contribution is 7.13. The minimum Gasteiger partial charge on any atom is -0.337 e. The molecule has 0 radical (unpaired) electrons. The number of carbonyl (C=O) groups excluding carboxylic acids is 1. The molecule has 0 unspecified atom stereocenters. The van der Waals surface area contributed by atoms with Crippen LogP contribution in [0.1, 0.15) is 33.3 Å². The van der Waals surface area contributed by atoms with Gasteiger partial charge in [-0.15, -0.1) is 11.3 Å². The molecule has 4 rings (SSSR count). The van der Waals surface area contributed by atoms with E-state index in [9.17, 15) is 9.18 Å². The summed E-state index contributed by atoms with van der Waals surface area (Å²) in [5, 5.41) is 13.6. The summed E-state index contributed by atoms with van der Waals surface area (Å²) in [5.74, 6) is -0.273. The molecule has 166 valence electrons. The Hall–Kier alpha value is -3.26. The van der Waals surface area contributed by atoms with Crippen LogP contribution in [0.5, 0.6) is 0 Å². The minimum atomic E-state index is -0.273. The molecule has 32 heavy (non-hydrogen) atoms. The second-order valence-electron chi connectivity index (χ2n) is 8.96. The van der Waals surface area contributed by atoms with Gasteiger partial charge in [-0.25, -0.2) is 18.9 Å². The predicted molar refractivity (Wildman–Crippen MR) is 127 cm³/mol. The highest BCUT2D eigenvalue weighted by atomic mass is 32.1. The Kier molecular flexibility index (Phi) is 5.73. The molecule has 0 atom stereocenters. The van der Waals surface area contributed by atoms with Crippen LogP contribution >= 0.6 is 11.3 Å². The van der Waals surface area contributed by atoms with Crippen LogP contribution in [0.4, 0.5) is 14.3 Å². The summed E-state index contributed by atoms with van der Waals surface area (Å²) in [6.07, 6.45) is 3.48. The number of carbonyl (C=O) groups is 1. The summed E-state index contributed by atoms with van der Waals surface area (Å²) in [7, 11) is 0. The number of aromatic nitrogens is 3. The van der Waals surface area contributed by atoms with E-state index in [2.05, 4.69) is 60.5 Å². The van der Waals surface area contributed by atoms with Crippen LogP contribution in [0.3, 0.4) is 0 Å². The van der Waals surface area contributed by atoms with Crippen molar-refractivity contribution in [1.29, 1.82) is 0 Å². The molecular formula is C24H26FN5OS. The maximum Gasteiger partial charge on any atom is 0.321 e. The van der Waals surface area contributed by atoms with E-state index in [0.717, 1.165) is 22.2 Å². The van der Waals surface area contributed by atoms with E-state index in [1.807, 2.05) is 17.6 Å². The van der Waals surface area contributed by atoms with Crippen molar-refractivity contribution in [2.24, 2.45) is 5.41 Å². The lowest BCUT2D eigenvalue weighted by Gasteiger charge is -2.42. The molecule has 0 aliphatic carbocycles. The zero-order valence-electron chi connectivity index (χ0n) is 18.5. The first kappa shape index (κ1) is 22.0. The summed E-state index contributed by atoms with van der Waals surface area (Å²) >= 11 is 1.38. The van der Waals surface area contributed by atoms with Gasteiger partial charge in [0.15, 0.2) is 5.13 Å². The number of rotatable bonds is 6. The third-order valence-corrected chi connectivity index (χ3v) is 7.09. The Morgan fingerprint density at radius 3 is 2.56 bits per heavy atom. The first-order chi connectivity index (χ1) is 15.2. The molecular weight excluding hydrogens is 425 g/mol. The smallest absolute Gasteiger partial charge is 0.321 e. The lowest BCUT2D eigenvalue weighted by atomic mass is 9.64. The maximum absolute atomic E-state index is 13.3. The van der Waals surface area contributed by atoms with E-state index in [4.69, 9.17) is 0 Å². The number of amides is 2. The number of anilines is 1. The minimum absolute atomic E-state index is 0.242. The molecule has 8 heteroatoms. The van der Waals surface area contributed by atoms with Crippen molar-refractivity contribution in [3.05, 3.63) is 71.6 Å². The Morgan fingerprint density at radius 1 is 1.12 bits per heavy atom. The van der Waals surface area contributed by atoms with Crippen LogP contribution in [0.15, 0.2) is 60.2 Å². The Bertz CT molecular complexity index is 1230. The van der Waals surface area contributed by atoms with Crippen molar-refractivity contribution in [2.45, 2.75) is 33.1 Å².